The lowest BCUT2D eigenvalue weighted by Crippen LogP contribution is -2.16. The van der Waals surface area contributed by atoms with Crippen molar-refractivity contribution < 1.29 is 18.0 Å². The summed E-state index contributed by atoms with van der Waals surface area (Å²) in [7, 11) is 0. The molecule has 0 aliphatic carbocycles. The SMILES string of the molecule is Cc1ccc(-c2nnc(SCC(=O)Nc3cc(C(F)(F)F)ccc3Cl)n2-c2ccc(C)cc2)cc1. The Morgan fingerprint density at radius 3 is 2.23 bits per heavy atom. The average Bonchev–Trinajstić information content (AvgIpc) is 3.23. The maximum Gasteiger partial charge on any atom is 0.416 e. The number of rotatable bonds is 6. The maximum atomic E-state index is 13.0. The van der Waals surface area contributed by atoms with E-state index in [2.05, 4.69) is 15.5 Å². The molecular formula is C25H20ClF3N4OS. The summed E-state index contributed by atoms with van der Waals surface area (Å²) >= 11 is 7.11. The van der Waals surface area contributed by atoms with Crippen molar-refractivity contribution >= 4 is 35.0 Å². The molecule has 0 spiro atoms. The molecule has 35 heavy (non-hydrogen) atoms. The van der Waals surface area contributed by atoms with Gasteiger partial charge in [-0.2, -0.15) is 13.2 Å². The third-order valence-electron chi connectivity index (χ3n) is 5.14. The van der Waals surface area contributed by atoms with Crippen molar-refractivity contribution in [3.63, 3.8) is 0 Å². The average molecular weight is 517 g/mol. The molecule has 1 aromatic heterocycles. The number of halogens is 4. The zero-order valence-electron chi connectivity index (χ0n) is 18.7. The van der Waals surface area contributed by atoms with Gasteiger partial charge in [0.05, 0.1) is 22.0 Å². The monoisotopic (exact) mass is 516 g/mol. The molecule has 0 unspecified atom stereocenters. The van der Waals surface area contributed by atoms with Gasteiger partial charge >= 0.3 is 6.18 Å². The summed E-state index contributed by atoms with van der Waals surface area (Å²) < 4.78 is 40.9. The Morgan fingerprint density at radius 1 is 0.971 bits per heavy atom. The molecule has 0 aliphatic rings. The number of hydrogen-bond donors (Lipinski definition) is 1. The van der Waals surface area contributed by atoms with E-state index in [4.69, 9.17) is 11.6 Å². The highest BCUT2D eigenvalue weighted by molar-refractivity contribution is 7.99. The first-order valence-corrected chi connectivity index (χ1v) is 11.9. The molecule has 4 aromatic rings. The highest BCUT2D eigenvalue weighted by Gasteiger charge is 2.31. The Labute approximate surface area is 209 Å². The van der Waals surface area contributed by atoms with Gasteiger partial charge in [-0.25, -0.2) is 0 Å². The molecule has 10 heteroatoms. The van der Waals surface area contributed by atoms with Crippen LogP contribution < -0.4 is 5.32 Å². The number of carbonyl (C=O) groups is 1. The van der Waals surface area contributed by atoms with E-state index in [0.29, 0.717) is 11.0 Å². The highest BCUT2D eigenvalue weighted by atomic mass is 35.5. The molecule has 0 saturated carbocycles. The maximum absolute atomic E-state index is 13.0. The lowest BCUT2D eigenvalue weighted by Gasteiger charge is -2.12. The Bertz CT molecular complexity index is 1350. The van der Waals surface area contributed by atoms with Crippen LogP contribution in [0.1, 0.15) is 16.7 Å². The first-order chi connectivity index (χ1) is 16.6. The first kappa shape index (κ1) is 24.8. The summed E-state index contributed by atoms with van der Waals surface area (Å²) in [6.07, 6.45) is -4.55. The molecule has 5 nitrogen and oxygen atoms in total. The van der Waals surface area contributed by atoms with Crippen molar-refractivity contribution in [3.8, 4) is 17.1 Å². The van der Waals surface area contributed by atoms with E-state index in [0.717, 1.165) is 52.3 Å². The van der Waals surface area contributed by atoms with Crippen LogP contribution in [0.4, 0.5) is 18.9 Å². The number of thioether (sulfide) groups is 1. The Kier molecular flexibility index (Phi) is 7.18. The minimum Gasteiger partial charge on any atom is -0.324 e. The van der Waals surface area contributed by atoms with Crippen LogP contribution in [-0.2, 0) is 11.0 Å². The van der Waals surface area contributed by atoms with Crippen LogP contribution in [0, 0.1) is 13.8 Å². The van der Waals surface area contributed by atoms with E-state index >= 15 is 0 Å². The molecular weight excluding hydrogens is 497 g/mol. The number of nitrogens with zero attached hydrogens (tertiary/aromatic N) is 3. The van der Waals surface area contributed by atoms with Gasteiger partial charge in [0.25, 0.3) is 0 Å². The van der Waals surface area contributed by atoms with Gasteiger partial charge in [0.1, 0.15) is 0 Å². The van der Waals surface area contributed by atoms with E-state index in [9.17, 15) is 18.0 Å². The topological polar surface area (TPSA) is 59.8 Å². The first-order valence-electron chi connectivity index (χ1n) is 10.5. The number of anilines is 1. The number of aromatic nitrogens is 3. The van der Waals surface area contributed by atoms with Crippen LogP contribution in [0.5, 0.6) is 0 Å². The van der Waals surface area contributed by atoms with Crippen LogP contribution in [-0.4, -0.2) is 26.4 Å². The molecule has 3 aromatic carbocycles. The van der Waals surface area contributed by atoms with Crippen molar-refractivity contribution in [1.29, 1.82) is 0 Å². The van der Waals surface area contributed by atoms with Gasteiger partial charge in [0, 0.05) is 11.3 Å². The number of carbonyl (C=O) groups excluding carboxylic acids is 1. The molecule has 0 atom stereocenters. The van der Waals surface area contributed by atoms with E-state index in [1.165, 1.54) is 0 Å². The molecule has 180 valence electrons. The van der Waals surface area contributed by atoms with Crippen molar-refractivity contribution in [2.75, 3.05) is 11.1 Å². The Balaban J connectivity index is 1.58. The van der Waals surface area contributed by atoms with Crippen LogP contribution in [0.15, 0.2) is 71.9 Å². The lowest BCUT2D eigenvalue weighted by molar-refractivity contribution is -0.137. The summed E-state index contributed by atoms with van der Waals surface area (Å²) in [4.78, 5) is 12.6. The minimum atomic E-state index is -4.55. The van der Waals surface area contributed by atoms with Gasteiger partial charge in [0.2, 0.25) is 5.91 Å². The van der Waals surface area contributed by atoms with Gasteiger partial charge in [-0.05, 0) is 44.2 Å². The second-order valence-corrected chi connectivity index (χ2v) is 9.22. The number of alkyl halides is 3. The second kappa shape index (κ2) is 10.1. The van der Waals surface area contributed by atoms with Gasteiger partial charge in [0.15, 0.2) is 11.0 Å². The number of nitrogens with one attached hydrogen (secondary N) is 1. The second-order valence-electron chi connectivity index (χ2n) is 7.87. The predicted molar refractivity (Wildman–Crippen MR) is 132 cm³/mol. The van der Waals surface area contributed by atoms with Crippen LogP contribution in [0.3, 0.4) is 0 Å². The fourth-order valence-electron chi connectivity index (χ4n) is 3.29. The third-order valence-corrected chi connectivity index (χ3v) is 6.39. The highest BCUT2D eigenvalue weighted by Crippen LogP contribution is 2.34. The summed E-state index contributed by atoms with van der Waals surface area (Å²) in [6, 6.07) is 18.4. The van der Waals surface area contributed by atoms with E-state index in [-0.39, 0.29) is 16.5 Å². The Morgan fingerprint density at radius 2 is 1.60 bits per heavy atom. The van der Waals surface area contributed by atoms with Crippen molar-refractivity contribution in [2.24, 2.45) is 0 Å². The van der Waals surface area contributed by atoms with Gasteiger partial charge in [-0.1, -0.05) is 70.9 Å². The number of aryl methyl sites for hydroxylation is 2. The van der Waals surface area contributed by atoms with Crippen molar-refractivity contribution in [3.05, 3.63) is 88.4 Å². The fraction of sp³-hybridized carbons (Fsp3) is 0.160. The van der Waals surface area contributed by atoms with E-state index in [1.54, 1.807) is 0 Å². The van der Waals surface area contributed by atoms with E-state index in [1.807, 2.05) is 66.9 Å². The largest absolute Gasteiger partial charge is 0.416 e. The molecule has 1 amide bonds. The minimum absolute atomic E-state index is 0.0147. The molecule has 0 fully saturated rings. The molecule has 1 N–H and O–H groups in total. The summed E-state index contributed by atoms with van der Waals surface area (Å²) in [5.74, 6) is -0.0194. The van der Waals surface area contributed by atoms with Crippen LogP contribution in [0.2, 0.25) is 5.02 Å². The number of benzene rings is 3. The Hall–Kier alpha value is -3.30. The van der Waals surface area contributed by atoms with Gasteiger partial charge in [-0.15, -0.1) is 10.2 Å². The molecule has 1 heterocycles. The number of hydrogen-bond acceptors (Lipinski definition) is 4. The molecule has 0 saturated heterocycles. The van der Waals surface area contributed by atoms with E-state index < -0.39 is 17.6 Å². The third kappa shape index (κ3) is 5.86. The zero-order chi connectivity index (χ0) is 25.2. The fourth-order valence-corrected chi connectivity index (χ4v) is 4.21. The zero-order valence-corrected chi connectivity index (χ0v) is 20.3. The summed E-state index contributed by atoms with van der Waals surface area (Å²) in [5, 5.41) is 11.6. The quantitative estimate of drug-likeness (QED) is 0.282. The van der Waals surface area contributed by atoms with Crippen molar-refractivity contribution in [1.82, 2.24) is 14.8 Å². The number of amides is 1. The standard InChI is InChI=1S/C25H20ClF3N4OS/c1-15-3-7-17(8-4-15)23-31-32-24(33(23)19-10-5-16(2)6-11-19)35-14-22(34)30-21-13-18(25(27,28)29)9-12-20(21)26/h3-13H,14H2,1-2H3,(H,30,34). The lowest BCUT2D eigenvalue weighted by atomic mass is 10.1. The molecule has 0 aliphatic heterocycles. The van der Waals surface area contributed by atoms with Gasteiger partial charge in [-0.3, -0.25) is 9.36 Å². The summed E-state index contributed by atoms with van der Waals surface area (Å²) in [5.41, 5.74) is 2.87. The molecule has 4 rings (SSSR count). The van der Waals surface area contributed by atoms with Crippen LogP contribution >= 0.6 is 23.4 Å². The predicted octanol–water partition coefficient (Wildman–Crippen LogP) is 6.95. The van der Waals surface area contributed by atoms with Crippen LogP contribution in [0.25, 0.3) is 17.1 Å². The smallest absolute Gasteiger partial charge is 0.324 e. The summed E-state index contributed by atoms with van der Waals surface area (Å²) in [6.45, 7) is 3.97. The normalized spacial score (nSPS) is 11.5. The molecule has 0 radical (unpaired) electrons. The van der Waals surface area contributed by atoms with Crippen molar-refractivity contribution in [2.45, 2.75) is 25.2 Å². The molecule has 0 bridgehead atoms. The van der Waals surface area contributed by atoms with Gasteiger partial charge < -0.3 is 5.32 Å².